The van der Waals surface area contributed by atoms with Crippen LogP contribution in [0, 0.1) is 0 Å². The highest BCUT2D eigenvalue weighted by Crippen LogP contribution is 2.34. The van der Waals surface area contributed by atoms with E-state index in [1.165, 1.54) is 0 Å². The molecule has 1 heterocycles. The molecule has 0 aliphatic rings. The van der Waals surface area contributed by atoms with Crippen molar-refractivity contribution in [2.45, 2.75) is 19.4 Å². The van der Waals surface area contributed by atoms with E-state index in [4.69, 9.17) is 39.2 Å². The zero-order chi connectivity index (χ0) is 13.1. The van der Waals surface area contributed by atoms with E-state index in [2.05, 4.69) is 12.2 Å². The summed E-state index contributed by atoms with van der Waals surface area (Å²) < 4.78 is 5.39. The molecule has 0 aliphatic heterocycles. The molecule has 0 radical (unpaired) electrons. The standard InChI is InChI=1S/C13H12Cl3NO/c1-2-11(13-4-3-5-18-13)17-12-7-9(15)8(14)6-10(12)16/h3-7,11,17H,2H2,1H3. The third-order valence-corrected chi connectivity index (χ3v) is 3.67. The van der Waals surface area contributed by atoms with Crippen LogP contribution in [0.15, 0.2) is 34.9 Å². The highest BCUT2D eigenvalue weighted by Gasteiger charge is 2.14. The van der Waals surface area contributed by atoms with Crippen LogP contribution >= 0.6 is 34.8 Å². The van der Waals surface area contributed by atoms with Crippen molar-refractivity contribution in [3.63, 3.8) is 0 Å². The Morgan fingerprint density at radius 1 is 1.17 bits per heavy atom. The van der Waals surface area contributed by atoms with E-state index < -0.39 is 0 Å². The molecule has 0 aliphatic carbocycles. The van der Waals surface area contributed by atoms with Crippen molar-refractivity contribution < 1.29 is 4.42 Å². The van der Waals surface area contributed by atoms with E-state index in [9.17, 15) is 0 Å². The van der Waals surface area contributed by atoms with Gasteiger partial charge in [-0.3, -0.25) is 0 Å². The molecule has 1 N–H and O–H groups in total. The fourth-order valence-corrected chi connectivity index (χ4v) is 2.29. The lowest BCUT2D eigenvalue weighted by Gasteiger charge is -2.17. The molecule has 1 atom stereocenters. The Balaban J connectivity index is 2.25. The van der Waals surface area contributed by atoms with E-state index in [0.29, 0.717) is 15.1 Å². The molecule has 1 aromatic heterocycles. The van der Waals surface area contributed by atoms with Crippen molar-refractivity contribution >= 4 is 40.5 Å². The highest BCUT2D eigenvalue weighted by atomic mass is 35.5. The third-order valence-electron chi connectivity index (χ3n) is 2.63. The summed E-state index contributed by atoms with van der Waals surface area (Å²) in [5.41, 5.74) is 0.745. The van der Waals surface area contributed by atoms with E-state index in [1.807, 2.05) is 12.1 Å². The summed E-state index contributed by atoms with van der Waals surface area (Å²) in [5.74, 6) is 0.861. The maximum absolute atomic E-state index is 6.13. The van der Waals surface area contributed by atoms with Gasteiger partial charge in [0.2, 0.25) is 0 Å². The fourth-order valence-electron chi connectivity index (χ4n) is 1.68. The lowest BCUT2D eigenvalue weighted by atomic mass is 10.1. The average Bonchev–Trinajstić information content (AvgIpc) is 2.85. The molecule has 2 nitrogen and oxygen atoms in total. The first-order valence-electron chi connectivity index (χ1n) is 5.56. The minimum Gasteiger partial charge on any atom is -0.467 e. The molecule has 1 aromatic carbocycles. The average molecular weight is 305 g/mol. The van der Waals surface area contributed by atoms with Crippen molar-refractivity contribution in [2.24, 2.45) is 0 Å². The Morgan fingerprint density at radius 2 is 1.89 bits per heavy atom. The summed E-state index contributed by atoms with van der Waals surface area (Å²) in [6.45, 7) is 2.06. The fraction of sp³-hybridized carbons (Fsp3) is 0.231. The summed E-state index contributed by atoms with van der Waals surface area (Å²) in [6, 6.07) is 7.18. The van der Waals surface area contributed by atoms with Gasteiger partial charge in [0.1, 0.15) is 5.76 Å². The number of hydrogen-bond acceptors (Lipinski definition) is 2. The summed E-state index contributed by atoms with van der Waals surface area (Å²) in [7, 11) is 0. The van der Waals surface area contributed by atoms with Crippen LogP contribution in [-0.2, 0) is 0 Å². The second-order valence-corrected chi connectivity index (χ2v) is 5.09. The predicted octanol–water partition coefficient (Wildman–Crippen LogP) is 5.80. The molecule has 5 heteroatoms. The summed E-state index contributed by atoms with van der Waals surface area (Å²) >= 11 is 18.0. The normalized spacial score (nSPS) is 12.4. The van der Waals surface area contributed by atoms with Gasteiger partial charge in [-0.25, -0.2) is 0 Å². The van der Waals surface area contributed by atoms with Crippen LogP contribution in [0.25, 0.3) is 0 Å². The highest BCUT2D eigenvalue weighted by molar-refractivity contribution is 6.44. The molecule has 0 amide bonds. The van der Waals surface area contributed by atoms with Gasteiger partial charge >= 0.3 is 0 Å². The van der Waals surface area contributed by atoms with Gasteiger partial charge in [0.25, 0.3) is 0 Å². The first-order chi connectivity index (χ1) is 8.61. The topological polar surface area (TPSA) is 25.2 Å². The van der Waals surface area contributed by atoms with Crippen molar-refractivity contribution in [1.82, 2.24) is 0 Å². The smallest absolute Gasteiger partial charge is 0.125 e. The molecule has 1 unspecified atom stereocenters. The number of hydrogen-bond donors (Lipinski definition) is 1. The van der Waals surface area contributed by atoms with Gasteiger partial charge in [0.15, 0.2) is 0 Å². The van der Waals surface area contributed by atoms with Gasteiger partial charge < -0.3 is 9.73 Å². The number of anilines is 1. The van der Waals surface area contributed by atoms with Crippen LogP contribution in [0.1, 0.15) is 25.1 Å². The first-order valence-corrected chi connectivity index (χ1v) is 6.69. The minimum atomic E-state index is 0.0507. The molecule has 2 aromatic rings. The van der Waals surface area contributed by atoms with Crippen molar-refractivity contribution in [1.29, 1.82) is 0 Å². The molecule has 2 rings (SSSR count). The minimum absolute atomic E-state index is 0.0507. The zero-order valence-corrected chi connectivity index (χ0v) is 12.0. The molecular weight excluding hydrogens is 293 g/mol. The maximum Gasteiger partial charge on any atom is 0.125 e. The van der Waals surface area contributed by atoms with Crippen molar-refractivity contribution in [2.75, 3.05) is 5.32 Å². The summed E-state index contributed by atoms with van der Waals surface area (Å²) in [5, 5.41) is 4.75. The van der Waals surface area contributed by atoms with Crippen LogP contribution < -0.4 is 5.32 Å². The Hall–Kier alpha value is -0.830. The summed E-state index contributed by atoms with van der Waals surface area (Å²) in [4.78, 5) is 0. The molecule has 0 saturated heterocycles. The number of rotatable bonds is 4. The Morgan fingerprint density at radius 3 is 2.50 bits per heavy atom. The monoisotopic (exact) mass is 303 g/mol. The molecule has 0 bridgehead atoms. The van der Waals surface area contributed by atoms with Crippen molar-refractivity contribution in [3.05, 3.63) is 51.4 Å². The molecular formula is C13H12Cl3NO. The largest absolute Gasteiger partial charge is 0.467 e. The van der Waals surface area contributed by atoms with Gasteiger partial charge in [-0.15, -0.1) is 0 Å². The lowest BCUT2D eigenvalue weighted by Crippen LogP contribution is -2.09. The molecule has 0 fully saturated rings. The molecule has 96 valence electrons. The molecule has 18 heavy (non-hydrogen) atoms. The quantitative estimate of drug-likeness (QED) is 0.722. The van der Waals surface area contributed by atoms with Gasteiger partial charge in [0, 0.05) is 0 Å². The second kappa shape index (κ2) is 5.87. The number of nitrogens with one attached hydrogen (secondary N) is 1. The lowest BCUT2D eigenvalue weighted by molar-refractivity contribution is 0.474. The van der Waals surface area contributed by atoms with Crippen LogP contribution in [0.5, 0.6) is 0 Å². The first kappa shape index (κ1) is 13.6. The van der Waals surface area contributed by atoms with E-state index in [0.717, 1.165) is 17.9 Å². The Bertz CT molecular complexity index is 525. The Kier molecular flexibility index (Phi) is 4.44. The van der Waals surface area contributed by atoms with E-state index in [-0.39, 0.29) is 6.04 Å². The van der Waals surface area contributed by atoms with Gasteiger partial charge in [-0.2, -0.15) is 0 Å². The number of halogens is 3. The van der Waals surface area contributed by atoms with E-state index in [1.54, 1.807) is 18.4 Å². The second-order valence-electron chi connectivity index (χ2n) is 3.87. The zero-order valence-electron chi connectivity index (χ0n) is 9.71. The third kappa shape index (κ3) is 2.94. The Labute approximate surface area is 121 Å². The maximum atomic E-state index is 6.13. The van der Waals surface area contributed by atoms with E-state index >= 15 is 0 Å². The summed E-state index contributed by atoms with van der Waals surface area (Å²) in [6.07, 6.45) is 2.51. The van der Waals surface area contributed by atoms with Crippen LogP contribution in [0.3, 0.4) is 0 Å². The van der Waals surface area contributed by atoms with Gasteiger partial charge in [-0.1, -0.05) is 41.7 Å². The molecule has 0 spiro atoms. The van der Waals surface area contributed by atoms with Crippen molar-refractivity contribution in [3.8, 4) is 0 Å². The van der Waals surface area contributed by atoms with Gasteiger partial charge in [-0.05, 0) is 30.7 Å². The SMILES string of the molecule is CCC(Nc1cc(Cl)c(Cl)cc1Cl)c1ccco1. The number of benzene rings is 1. The van der Waals surface area contributed by atoms with Gasteiger partial charge in [0.05, 0.1) is 33.1 Å². The number of furan rings is 1. The van der Waals surface area contributed by atoms with Crippen LogP contribution in [0.2, 0.25) is 15.1 Å². The molecule has 0 saturated carbocycles. The predicted molar refractivity (Wildman–Crippen MR) is 76.8 cm³/mol. The van der Waals surface area contributed by atoms with Crippen LogP contribution in [-0.4, -0.2) is 0 Å². The van der Waals surface area contributed by atoms with Crippen LogP contribution in [0.4, 0.5) is 5.69 Å².